The van der Waals surface area contributed by atoms with Gasteiger partial charge in [0, 0.05) is 28.8 Å². The van der Waals surface area contributed by atoms with Gasteiger partial charge >= 0.3 is 0 Å². The number of pyridine rings is 1. The van der Waals surface area contributed by atoms with Crippen molar-refractivity contribution in [2.75, 3.05) is 5.32 Å². The zero-order valence-corrected chi connectivity index (χ0v) is 11.3. The maximum absolute atomic E-state index is 4.44. The number of nitrogens with one attached hydrogen (secondary N) is 1. The van der Waals surface area contributed by atoms with E-state index in [0.717, 1.165) is 33.8 Å². The summed E-state index contributed by atoms with van der Waals surface area (Å²) in [5, 5.41) is 6.34. The lowest BCUT2D eigenvalue weighted by Crippen LogP contribution is -1.99. The van der Waals surface area contributed by atoms with E-state index in [1.165, 1.54) is 0 Å². The summed E-state index contributed by atoms with van der Waals surface area (Å²) in [6.07, 6.45) is 4.62. The van der Waals surface area contributed by atoms with Crippen molar-refractivity contribution in [3.63, 3.8) is 0 Å². The maximum atomic E-state index is 4.44. The Labute approximate surface area is 107 Å². The standard InChI is InChI=1S/C11H12BrN3S/c1-2-10-7-16-11(15-10)14-5-8-3-9(12)6-13-4-8/h3-4,6-7H,2,5H2,1H3,(H,14,15). The highest BCUT2D eigenvalue weighted by Gasteiger charge is 2.00. The largest absolute Gasteiger partial charge is 0.357 e. The van der Waals surface area contributed by atoms with Gasteiger partial charge < -0.3 is 5.32 Å². The molecule has 16 heavy (non-hydrogen) atoms. The summed E-state index contributed by atoms with van der Waals surface area (Å²) in [5.41, 5.74) is 2.28. The second-order valence-electron chi connectivity index (χ2n) is 3.36. The molecule has 0 spiro atoms. The van der Waals surface area contributed by atoms with Crippen LogP contribution in [0.2, 0.25) is 0 Å². The third-order valence-corrected chi connectivity index (χ3v) is 3.40. The van der Waals surface area contributed by atoms with Gasteiger partial charge in [0.15, 0.2) is 5.13 Å². The number of thiazole rings is 1. The van der Waals surface area contributed by atoms with E-state index in [0.29, 0.717) is 0 Å². The predicted molar refractivity (Wildman–Crippen MR) is 70.8 cm³/mol. The summed E-state index contributed by atoms with van der Waals surface area (Å²) in [6.45, 7) is 2.86. The quantitative estimate of drug-likeness (QED) is 0.939. The fourth-order valence-corrected chi connectivity index (χ4v) is 2.49. The van der Waals surface area contributed by atoms with E-state index in [4.69, 9.17) is 0 Å². The zero-order chi connectivity index (χ0) is 11.4. The minimum absolute atomic E-state index is 0.753. The van der Waals surface area contributed by atoms with E-state index in [1.54, 1.807) is 17.5 Å². The number of halogens is 1. The second kappa shape index (κ2) is 5.41. The van der Waals surface area contributed by atoms with Crippen molar-refractivity contribution in [2.45, 2.75) is 19.9 Å². The third-order valence-electron chi connectivity index (χ3n) is 2.12. The number of rotatable bonds is 4. The van der Waals surface area contributed by atoms with Crippen LogP contribution in [0, 0.1) is 0 Å². The number of anilines is 1. The topological polar surface area (TPSA) is 37.8 Å². The summed E-state index contributed by atoms with van der Waals surface area (Å²) in [5.74, 6) is 0. The molecule has 2 heterocycles. The molecule has 0 unspecified atom stereocenters. The molecule has 0 saturated carbocycles. The molecular formula is C11H12BrN3S. The Hall–Kier alpha value is -0.940. The molecule has 2 aromatic heterocycles. The van der Waals surface area contributed by atoms with Gasteiger partial charge in [-0.05, 0) is 34.0 Å². The van der Waals surface area contributed by atoms with Crippen LogP contribution < -0.4 is 5.32 Å². The lowest BCUT2D eigenvalue weighted by molar-refractivity contribution is 1.04. The second-order valence-corrected chi connectivity index (χ2v) is 5.14. The Bertz CT molecular complexity index is 470. The van der Waals surface area contributed by atoms with Gasteiger partial charge in [0.25, 0.3) is 0 Å². The number of hydrogen-bond donors (Lipinski definition) is 1. The van der Waals surface area contributed by atoms with Gasteiger partial charge in [-0.15, -0.1) is 11.3 Å². The molecule has 2 aromatic rings. The number of aromatic nitrogens is 2. The smallest absolute Gasteiger partial charge is 0.183 e. The van der Waals surface area contributed by atoms with Gasteiger partial charge in [-0.25, -0.2) is 4.98 Å². The van der Waals surface area contributed by atoms with Gasteiger partial charge in [-0.1, -0.05) is 6.92 Å². The summed E-state index contributed by atoms with van der Waals surface area (Å²) in [6, 6.07) is 2.05. The fraction of sp³-hybridized carbons (Fsp3) is 0.273. The van der Waals surface area contributed by atoms with Crippen LogP contribution in [0.15, 0.2) is 28.3 Å². The number of aryl methyl sites for hydroxylation is 1. The van der Waals surface area contributed by atoms with E-state index in [-0.39, 0.29) is 0 Å². The molecule has 2 rings (SSSR count). The average Bonchev–Trinajstić information content (AvgIpc) is 2.74. The van der Waals surface area contributed by atoms with Crippen molar-refractivity contribution in [1.29, 1.82) is 0 Å². The van der Waals surface area contributed by atoms with Gasteiger partial charge in [0.05, 0.1) is 5.69 Å². The molecule has 0 aliphatic carbocycles. The first-order chi connectivity index (χ1) is 7.78. The van der Waals surface area contributed by atoms with Gasteiger partial charge in [-0.3, -0.25) is 4.98 Å². The lowest BCUT2D eigenvalue weighted by Gasteiger charge is -2.02. The number of nitrogens with zero attached hydrogens (tertiary/aromatic N) is 2. The van der Waals surface area contributed by atoms with Crippen LogP contribution in [0.5, 0.6) is 0 Å². The summed E-state index contributed by atoms with van der Waals surface area (Å²) < 4.78 is 1.00. The summed E-state index contributed by atoms with van der Waals surface area (Å²) in [4.78, 5) is 8.56. The summed E-state index contributed by atoms with van der Waals surface area (Å²) in [7, 11) is 0. The Morgan fingerprint density at radius 2 is 2.31 bits per heavy atom. The van der Waals surface area contributed by atoms with Crippen LogP contribution in [-0.4, -0.2) is 9.97 Å². The minimum Gasteiger partial charge on any atom is -0.357 e. The predicted octanol–water partition coefficient (Wildman–Crippen LogP) is 3.48. The molecule has 0 radical (unpaired) electrons. The minimum atomic E-state index is 0.753. The molecule has 0 fully saturated rings. The fourth-order valence-electron chi connectivity index (χ4n) is 1.28. The normalized spacial score (nSPS) is 10.4. The Kier molecular flexibility index (Phi) is 3.90. The Morgan fingerprint density at radius 3 is 3.00 bits per heavy atom. The van der Waals surface area contributed by atoms with E-state index in [1.807, 2.05) is 12.3 Å². The third kappa shape index (κ3) is 3.02. The SMILES string of the molecule is CCc1csc(NCc2cncc(Br)c2)n1. The molecule has 3 nitrogen and oxygen atoms in total. The van der Waals surface area contributed by atoms with Crippen LogP contribution in [-0.2, 0) is 13.0 Å². The molecule has 0 aliphatic heterocycles. The van der Waals surface area contributed by atoms with Crippen LogP contribution in [0.1, 0.15) is 18.2 Å². The molecule has 84 valence electrons. The first kappa shape index (κ1) is 11.5. The van der Waals surface area contributed by atoms with Crippen LogP contribution in [0.4, 0.5) is 5.13 Å². The first-order valence-electron chi connectivity index (χ1n) is 5.05. The molecule has 0 saturated heterocycles. The van der Waals surface area contributed by atoms with Gasteiger partial charge in [0.2, 0.25) is 0 Å². The molecule has 5 heteroatoms. The molecular weight excluding hydrogens is 286 g/mol. The molecule has 0 atom stereocenters. The van der Waals surface area contributed by atoms with E-state index in [2.05, 4.69) is 43.5 Å². The molecule has 0 amide bonds. The highest BCUT2D eigenvalue weighted by molar-refractivity contribution is 9.10. The Balaban J connectivity index is 1.96. The number of hydrogen-bond acceptors (Lipinski definition) is 4. The van der Waals surface area contributed by atoms with Crippen LogP contribution in [0.25, 0.3) is 0 Å². The van der Waals surface area contributed by atoms with Crippen molar-refractivity contribution in [3.05, 3.63) is 39.6 Å². The maximum Gasteiger partial charge on any atom is 0.183 e. The van der Waals surface area contributed by atoms with E-state index in [9.17, 15) is 0 Å². The first-order valence-corrected chi connectivity index (χ1v) is 6.73. The lowest BCUT2D eigenvalue weighted by atomic mass is 10.3. The van der Waals surface area contributed by atoms with E-state index < -0.39 is 0 Å². The van der Waals surface area contributed by atoms with Crippen molar-refractivity contribution in [2.24, 2.45) is 0 Å². The van der Waals surface area contributed by atoms with Gasteiger partial charge in [0.1, 0.15) is 0 Å². The van der Waals surface area contributed by atoms with Crippen molar-refractivity contribution in [1.82, 2.24) is 9.97 Å². The van der Waals surface area contributed by atoms with Crippen molar-refractivity contribution >= 4 is 32.4 Å². The average molecular weight is 298 g/mol. The van der Waals surface area contributed by atoms with Crippen molar-refractivity contribution in [3.8, 4) is 0 Å². The van der Waals surface area contributed by atoms with Crippen LogP contribution >= 0.6 is 27.3 Å². The monoisotopic (exact) mass is 297 g/mol. The zero-order valence-electron chi connectivity index (χ0n) is 8.90. The highest BCUT2D eigenvalue weighted by Crippen LogP contribution is 2.17. The molecule has 0 aliphatic rings. The Morgan fingerprint density at radius 1 is 1.44 bits per heavy atom. The molecule has 1 N–H and O–H groups in total. The van der Waals surface area contributed by atoms with Gasteiger partial charge in [-0.2, -0.15) is 0 Å². The van der Waals surface area contributed by atoms with E-state index >= 15 is 0 Å². The molecule has 0 aromatic carbocycles. The van der Waals surface area contributed by atoms with Crippen LogP contribution in [0.3, 0.4) is 0 Å². The van der Waals surface area contributed by atoms with Crippen molar-refractivity contribution < 1.29 is 0 Å². The molecule has 0 bridgehead atoms. The summed E-state index contributed by atoms with van der Waals surface area (Å²) >= 11 is 5.04. The highest BCUT2D eigenvalue weighted by atomic mass is 79.9.